The summed E-state index contributed by atoms with van der Waals surface area (Å²) in [6.45, 7) is 0.785. The molecule has 2 N–H and O–H groups in total. The van der Waals surface area contributed by atoms with E-state index in [1.165, 1.54) is 0 Å². The minimum atomic E-state index is -0.118. The van der Waals surface area contributed by atoms with Gasteiger partial charge < -0.3 is 14.9 Å². The summed E-state index contributed by atoms with van der Waals surface area (Å²) in [5.74, 6) is 0.0713. The fourth-order valence-electron chi connectivity index (χ4n) is 1.60. The predicted octanol–water partition coefficient (Wildman–Crippen LogP) is 0.997. The standard InChI is InChI=1S/C8H11N3OS/c12-7-6(2-1-3-9-7)11-5-4-10-8(11)13/h4-6H,1-3H2,(H,9,12)(H,10,13). The fraction of sp³-hybridized carbons (Fsp3) is 0.500. The van der Waals surface area contributed by atoms with Crippen LogP contribution in [0.1, 0.15) is 18.9 Å². The SMILES string of the molecule is O=C1NCCCC1n1cc[nH]c1=S. The third kappa shape index (κ3) is 1.51. The first-order chi connectivity index (χ1) is 6.29. The Morgan fingerprint density at radius 3 is 3.08 bits per heavy atom. The molecule has 1 saturated heterocycles. The summed E-state index contributed by atoms with van der Waals surface area (Å²) < 4.78 is 2.42. The van der Waals surface area contributed by atoms with Crippen molar-refractivity contribution in [2.75, 3.05) is 6.54 Å². The average Bonchev–Trinajstić information content (AvgIpc) is 2.52. The van der Waals surface area contributed by atoms with Crippen LogP contribution in [-0.2, 0) is 4.79 Å². The van der Waals surface area contributed by atoms with Gasteiger partial charge in [-0.3, -0.25) is 4.79 Å². The molecule has 2 rings (SSSR count). The summed E-state index contributed by atoms with van der Waals surface area (Å²) in [5.41, 5.74) is 0. The lowest BCUT2D eigenvalue weighted by Gasteiger charge is -2.22. The third-order valence-corrected chi connectivity index (χ3v) is 2.60. The summed E-state index contributed by atoms with van der Waals surface area (Å²) in [7, 11) is 0. The number of rotatable bonds is 1. The van der Waals surface area contributed by atoms with Crippen molar-refractivity contribution in [2.24, 2.45) is 0 Å². The van der Waals surface area contributed by atoms with E-state index in [-0.39, 0.29) is 11.9 Å². The molecule has 1 aromatic rings. The van der Waals surface area contributed by atoms with Gasteiger partial charge in [-0.05, 0) is 25.1 Å². The lowest BCUT2D eigenvalue weighted by Crippen LogP contribution is -2.37. The van der Waals surface area contributed by atoms with Crippen LogP contribution in [0.4, 0.5) is 0 Å². The van der Waals surface area contributed by atoms with Crippen molar-refractivity contribution >= 4 is 18.1 Å². The molecule has 0 aromatic carbocycles. The highest BCUT2D eigenvalue weighted by atomic mass is 32.1. The van der Waals surface area contributed by atoms with E-state index in [2.05, 4.69) is 10.3 Å². The molecule has 0 aliphatic carbocycles. The van der Waals surface area contributed by atoms with Gasteiger partial charge in [0.2, 0.25) is 5.91 Å². The molecular weight excluding hydrogens is 186 g/mol. The van der Waals surface area contributed by atoms with Crippen molar-refractivity contribution in [3.8, 4) is 0 Å². The van der Waals surface area contributed by atoms with Crippen molar-refractivity contribution in [2.45, 2.75) is 18.9 Å². The molecule has 0 saturated carbocycles. The second-order valence-electron chi connectivity index (χ2n) is 3.12. The topological polar surface area (TPSA) is 49.8 Å². The molecule has 70 valence electrons. The summed E-state index contributed by atoms with van der Waals surface area (Å²) in [6.07, 6.45) is 5.46. The zero-order chi connectivity index (χ0) is 9.26. The monoisotopic (exact) mass is 197 g/mol. The van der Waals surface area contributed by atoms with Crippen molar-refractivity contribution < 1.29 is 4.79 Å². The van der Waals surface area contributed by atoms with Gasteiger partial charge in [-0.1, -0.05) is 0 Å². The van der Waals surface area contributed by atoms with Gasteiger partial charge in [0.1, 0.15) is 6.04 Å². The van der Waals surface area contributed by atoms with E-state index < -0.39 is 0 Å². The van der Waals surface area contributed by atoms with Crippen molar-refractivity contribution in [1.29, 1.82) is 0 Å². The molecule has 1 amide bonds. The molecular formula is C8H11N3OS. The van der Waals surface area contributed by atoms with E-state index in [4.69, 9.17) is 12.2 Å². The van der Waals surface area contributed by atoms with Crippen LogP contribution in [0.15, 0.2) is 12.4 Å². The first kappa shape index (κ1) is 8.50. The van der Waals surface area contributed by atoms with E-state index in [0.717, 1.165) is 19.4 Å². The van der Waals surface area contributed by atoms with Gasteiger partial charge in [0.15, 0.2) is 4.77 Å². The number of carbonyl (C=O) groups is 1. The molecule has 0 bridgehead atoms. The Kier molecular flexibility index (Phi) is 2.18. The average molecular weight is 197 g/mol. The van der Waals surface area contributed by atoms with Crippen molar-refractivity contribution in [3.63, 3.8) is 0 Å². The first-order valence-electron chi connectivity index (χ1n) is 4.32. The number of nitrogens with zero attached hydrogens (tertiary/aromatic N) is 1. The van der Waals surface area contributed by atoms with Crippen molar-refractivity contribution in [1.82, 2.24) is 14.9 Å². The lowest BCUT2D eigenvalue weighted by molar-refractivity contribution is -0.125. The van der Waals surface area contributed by atoms with E-state index in [1.54, 1.807) is 6.20 Å². The number of amides is 1. The number of H-pyrrole nitrogens is 1. The second kappa shape index (κ2) is 3.33. The summed E-state index contributed by atoms with van der Waals surface area (Å²) in [4.78, 5) is 14.3. The largest absolute Gasteiger partial charge is 0.354 e. The summed E-state index contributed by atoms with van der Waals surface area (Å²) in [6, 6.07) is -0.118. The van der Waals surface area contributed by atoms with E-state index in [9.17, 15) is 4.79 Å². The Labute approximate surface area is 81.0 Å². The maximum Gasteiger partial charge on any atom is 0.243 e. The van der Waals surface area contributed by atoms with Gasteiger partial charge in [0.05, 0.1) is 0 Å². The summed E-state index contributed by atoms with van der Waals surface area (Å²) >= 11 is 5.05. The zero-order valence-electron chi connectivity index (χ0n) is 7.12. The van der Waals surface area contributed by atoms with Crippen LogP contribution in [0, 0.1) is 4.77 Å². The number of carbonyl (C=O) groups excluding carboxylic acids is 1. The minimum Gasteiger partial charge on any atom is -0.354 e. The van der Waals surface area contributed by atoms with Gasteiger partial charge in [-0.2, -0.15) is 0 Å². The fourth-order valence-corrected chi connectivity index (χ4v) is 1.85. The normalized spacial score (nSPS) is 22.8. The highest BCUT2D eigenvalue weighted by Crippen LogP contribution is 2.17. The Morgan fingerprint density at radius 2 is 2.46 bits per heavy atom. The van der Waals surface area contributed by atoms with Crippen LogP contribution < -0.4 is 5.32 Å². The number of piperidine rings is 1. The molecule has 5 heteroatoms. The minimum absolute atomic E-state index is 0.0713. The number of hydrogen-bond donors (Lipinski definition) is 2. The maximum absolute atomic E-state index is 11.5. The number of aromatic nitrogens is 2. The molecule has 0 spiro atoms. The molecule has 13 heavy (non-hydrogen) atoms. The Balaban J connectivity index is 2.29. The number of hydrogen-bond acceptors (Lipinski definition) is 2. The van der Waals surface area contributed by atoms with Gasteiger partial charge in [0, 0.05) is 18.9 Å². The molecule has 1 aliphatic rings. The van der Waals surface area contributed by atoms with Gasteiger partial charge in [0.25, 0.3) is 0 Å². The second-order valence-corrected chi connectivity index (χ2v) is 3.51. The first-order valence-corrected chi connectivity index (χ1v) is 4.73. The Morgan fingerprint density at radius 1 is 1.62 bits per heavy atom. The molecule has 1 aliphatic heterocycles. The molecule has 1 unspecified atom stereocenters. The molecule has 2 heterocycles. The number of nitrogens with one attached hydrogen (secondary N) is 2. The maximum atomic E-state index is 11.5. The highest BCUT2D eigenvalue weighted by Gasteiger charge is 2.23. The zero-order valence-corrected chi connectivity index (χ0v) is 7.93. The van der Waals surface area contributed by atoms with Crippen LogP contribution >= 0.6 is 12.2 Å². The number of imidazole rings is 1. The lowest BCUT2D eigenvalue weighted by atomic mass is 10.1. The van der Waals surface area contributed by atoms with Gasteiger partial charge >= 0.3 is 0 Å². The van der Waals surface area contributed by atoms with Crippen LogP contribution in [-0.4, -0.2) is 22.0 Å². The van der Waals surface area contributed by atoms with E-state index in [1.807, 2.05) is 10.8 Å². The van der Waals surface area contributed by atoms with E-state index >= 15 is 0 Å². The van der Waals surface area contributed by atoms with Crippen LogP contribution in [0.5, 0.6) is 0 Å². The van der Waals surface area contributed by atoms with E-state index in [0.29, 0.717) is 4.77 Å². The van der Waals surface area contributed by atoms with Gasteiger partial charge in [-0.15, -0.1) is 0 Å². The van der Waals surface area contributed by atoms with Crippen molar-refractivity contribution in [3.05, 3.63) is 17.2 Å². The molecule has 1 fully saturated rings. The van der Waals surface area contributed by atoms with Crippen LogP contribution in [0.25, 0.3) is 0 Å². The van der Waals surface area contributed by atoms with Gasteiger partial charge in [-0.25, -0.2) is 0 Å². The molecule has 1 atom stereocenters. The van der Waals surface area contributed by atoms with Crippen LogP contribution in [0.3, 0.4) is 0 Å². The molecule has 4 nitrogen and oxygen atoms in total. The number of aromatic amines is 1. The predicted molar refractivity (Wildman–Crippen MR) is 50.9 cm³/mol. The smallest absolute Gasteiger partial charge is 0.243 e. The molecule has 1 aromatic heterocycles. The summed E-state index contributed by atoms with van der Waals surface area (Å²) in [5, 5.41) is 2.83. The highest BCUT2D eigenvalue weighted by molar-refractivity contribution is 7.71. The Hall–Kier alpha value is -1.10. The third-order valence-electron chi connectivity index (χ3n) is 2.27. The van der Waals surface area contributed by atoms with Crippen LogP contribution in [0.2, 0.25) is 0 Å². The Bertz CT molecular complexity index is 367. The quantitative estimate of drug-likeness (QED) is 0.660. The molecule has 0 radical (unpaired) electrons.